The van der Waals surface area contributed by atoms with E-state index in [-0.39, 0.29) is 22.8 Å². The van der Waals surface area contributed by atoms with Crippen molar-refractivity contribution in [1.29, 1.82) is 0 Å². The Labute approximate surface area is 217 Å². The first kappa shape index (κ1) is 27.5. The molecule has 20 heteroatoms. The van der Waals surface area contributed by atoms with E-state index in [4.69, 9.17) is 30.0 Å². The van der Waals surface area contributed by atoms with E-state index in [2.05, 4.69) is 19.9 Å². The SMILES string of the molecule is Nc1ccn([C@@H]2O[C@H](CO)[C@@H](OP(=O)(O)OC[C@H]3O[C@@H](n4cnc5c(N)ncnc54)[C@H](O)[C@@H]3O)[C@H]2O)c(=O)n1. The lowest BCUT2D eigenvalue weighted by Gasteiger charge is -2.23. The van der Waals surface area contributed by atoms with Crippen LogP contribution >= 0.6 is 7.82 Å². The Bertz CT molecular complexity index is 1450. The predicted octanol–water partition coefficient (Wildman–Crippen LogP) is -3.38. The van der Waals surface area contributed by atoms with Crippen LogP contribution in [0.3, 0.4) is 0 Å². The Balaban J connectivity index is 1.26. The molecule has 0 saturated carbocycles. The number of aliphatic hydroxyl groups is 4. The molecule has 2 fully saturated rings. The van der Waals surface area contributed by atoms with Crippen molar-refractivity contribution in [2.45, 2.75) is 49.1 Å². The van der Waals surface area contributed by atoms with Crippen LogP contribution in [0.5, 0.6) is 0 Å². The van der Waals surface area contributed by atoms with Gasteiger partial charge in [-0.1, -0.05) is 0 Å². The molecule has 3 aromatic rings. The molecule has 0 bridgehead atoms. The molecule has 19 nitrogen and oxygen atoms in total. The molecule has 212 valence electrons. The van der Waals surface area contributed by atoms with Crippen LogP contribution in [0.15, 0.2) is 29.7 Å². The molecule has 3 aromatic heterocycles. The second kappa shape index (κ2) is 10.5. The van der Waals surface area contributed by atoms with E-state index in [0.717, 1.165) is 4.57 Å². The number of nitrogens with zero attached hydrogens (tertiary/aromatic N) is 6. The first-order valence-electron chi connectivity index (χ1n) is 11.4. The number of imidazole rings is 1. The molecule has 9 N–H and O–H groups in total. The van der Waals surface area contributed by atoms with Gasteiger partial charge in [0.25, 0.3) is 0 Å². The summed E-state index contributed by atoms with van der Waals surface area (Å²) in [6.45, 7) is -1.48. The molecule has 0 aliphatic carbocycles. The Kier molecular flexibility index (Phi) is 7.37. The number of hydrogen-bond acceptors (Lipinski definition) is 16. The third kappa shape index (κ3) is 5.12. The van der Waals surface area contributed by atoms with Crippen molar-refractivity contribution in [3.8, 4) is 0 Å². The van der Waals surface area contributed by atoms with Gasteiger partial charge in [0.15, 0.2) is 23.9 Å². The maximum atomic E-state index is 12.7. The summed E-state index contributed by atoms with van der Waals surface area (Å²) in [6, 6.07) is 1.27. The van der Waals surface area contributed by atoms with Gasteiger partial charge in [0.1, 0.15) is 54.3 Å². The summed E-state index contributed by atoms with van der Waals surface area (Å²) in [7, 11) is -4.99. The maximum absolute atomic E-state index is 12.7. The molecule has 1 unspecified atom stereocenters. The summed E-state index contributed by atoms with van der Waals surface area (Å²) in [5.74, 6) is 0.00915. The van der Waals surface area contributed by atoms with E-state index in [0.29, 0.717) is 0 Å². The minimum atomic E-state index is -4.99. The minimum absolute atomic E-state index is 0.0780. The topological polar surface area (TPSA) is 286 Å². The van der Waals surface area contributed by atoms with Crippen molar-refractivity contribution in [2.75, 3.05) is 24.7 Å². The van der Waals surface area contributed by atoms with E-state index < -0.39 is 75.8 Å². The lowest BCUT2D eigenvalue weighted by Crippen LogP contribution is -2.38. The van der Waals surface area contributed by atoms with Crippen LogP contribution < -0.4 is 17.2 Å². The van der Waals surface area contributed by atoms with Crippen LogP contribution in [0.4, 0.5) is 11.6 Å². The number of aliphatic hydroxyl groups excluding tert-OH is 4. The molecule has 39 heavy (non-hydrogen) atoms. The lowest BCUT2D eigenvalue weighted by molar-refractivity contribution is -0.0594. The number of phosphoric ester groups is 1. The fourth-order valence-electron chi connectivity index (χ4n) is 4.35. The van der Waals surface area contributed by atoms with Crippen molar-refractivity contribution in [3.05, 3.63) is 35.4 Å². The number of phosphoric acid groups is 1. The number of aromatic nitrogens is 6. The van der Waals surface area contributed by atoms with Gasteiger partial charge in [0, 0.05) is 6.20 Å². The van der Waals surface area contributed by atoms with Crippen LogP contribution in [-0.2, 0) is 23.1 Å². The van der Waals surface area contributed by atoms with Gasteiger partial charge in [-0.25, -0.2) is 24.3 Å². The molecule has 0 amide bonds. The van der Waals surface area contributed by atoms with Gasteiger partial charge >= 0.3 is 13.5 Å². The molecule has 2 aliphatic rings. The first-order valence-corrected chi connectivity index (χ1v) is 12.9. The van der Waals surface area contributed by atoms with Gasteiger partial charge in [-0.2, -0.15) is 4.98 Å². The van der Waals surface area contributed by atoms with Crippen molar-refractivity contribution in [1.82, 2.24) is 29.1 Å². The monoisotopic (exact) mass is 572 g/mol. The van der Waals surface area contributed by atoms with E-state index in [1.165, 1.54) is 29.5 Å². The third-order valence-corrected chi connectivity index (χ3v) is 7.26. The average Bonchev–Trinajstić information content (AvgIpc) is 3.53. The van der Waals surface area contributed by atoms with E-state index >= 15 is 0 Å². The van der Waals surface area contributed by atoms with Gasteiger partial charge < -0.3 is 46.3 Å². The summed E-state index contributed by atoms with van der Waals surface area (Å²) in [5.41, 5.74) is 10.8. The number of anilines is 2. The average molecular weight is 572 g/mol. The molecule has 2 saturated heterocycles. The summed E-state index contributed by atoms with van der Waals surface area (Å²) in [4.78, 5) is 37.9. The number of nitrogens with two attached hydrogens (primary N) is 2. The number of nitrogen functional groups attached to an aromatic ring is 2. The highest BCUT2D eigenvalue weighted by atomic mass is 31.2. The number of rotatable bonds is 8. The van der Waals surface area contributed by atoms with Gasteiger partial charge in [0.2, 0.25) is 0 Å². The molecule has 5 heterocycles. The van der Waals surface area contributed by atoms with Gasteiger partial charge in [-0.3, -0.25) is 18.2 Å². The summed E-state index contributed by atoms with van der Waals surface area (Å²) in [5, 5.41) is 41.3. The highest BCUT2D eigenvalue weighted by Crippen LogP contribution is 2.49. The van der Waals surface area contributed by atoms with Crippen molar-refractivity contribution < 1.29 is 48.4 Å². The van der Waals surface area contributed by atoms with Crippen LogP contribution in [0, 0.1) is 0 Å². The zero-order valence-corrected chi connectivity index (χ0v) is 20.7. The molecule has 9 atom stereocenters. The highest BCUT2D eigenvalue weighted by Gasteiger charge is 2.50. The number of ether oxygens (including phenoxy) is 2. The second-order valence-electron chi connectivity index (χ2n) is 8.74. The molecular formula is C19H25N8O11P. The quantitative estimate of drug-likeness (QED) is 0.130. The van der Waals surface area contributed by atoms with Gasteiger partial charge in [-0.15, -0.1) is 0 Å². The van der Waals surface area contributed by atoms with Crippen LogP contribution in [-0.4, -0.2) is 104 Å². The van der Waals surface area contributed by atoms with Crippen molar-refractivity contribution in [3.63, 3.8) is 0 Å². The largest absolute Gasteiger partial charge is 0.472 e. The number of fused-ring (bicyclic) bond motifs is 1. The Morgan fingerprint density at radius 3 is 2.46 bits per heavy atom. The van der Waals surface area contributed by atoms with Crippen LogP contribution in [0.2, 0.25) is 0 Å². The fraction of sp³-hybridized carbons (Fsp3) is 0.526. The Morgan fingerprint density at radius 2 is 1.74 bits per heavy atom. The normalized spacial score (nSPS) is 32.5. The Hall–Kier alpha value is -3.10. The molecule has 0 radical (unpaired) electrons. The summed E-state index contributed by atoms with van der Waals surface area (Å²) in [6.07, 6.45) is -8.03. The molecular weight excluding hydrogens is 547 g/mol. The zero-order valence-electron chi connectivity index (χ0n) is 19.8. The molecule has 2 aliphatic heterocycles. The second-order valence-corrected chi connectivity index (χ2v) is 10.2. The van der Waals surface area contributed by atoms with Crippen molar-refractivity contribution in [2.24, 2.45) is 0 Å². The van der Waals surface area contributed by atoms with Gasteiger partial charge in [0.05, 0.1) is 19.5 Å². The summed E-state index contributed by atoms with van der Waals surface area (Å²) >= 11 is 0. The highest BCUT2D eigenvalue weighted by molar-refractivity contribution is 7.47. The number of hydrogen-bond donors (Lipinski definition) is 7. The van der Waals surface area contributed by atoms with E-state index in [1.807, 2.05) is 0 Å². The molecule has 0 spiro atoms. The maximum Gasteiger partial charge on any atom is 0.472 e. The standard InChI is InChI=1S/C19H25N8O11P/c20-9-1-2-26(19(32)25-9)18-13(31)14(7(3-28)36-18)38-39(33,34)35-4-8-11(29)12(30)17(37-8)27-6-24-10-15(21)22-5-23-16(10)27/h1-2,5-8,11-14,17-18,28-31H,3-4H2,(H,33,34)(H2,20,25,32)(H2,21,22,23)/t7-,8-,11-,12-,13-,14-,17-,18-/m1/s1. The molecule has 5 rings (SSSR count). The minimum Gasteiger partial charge on any atom is -0.394 e. The van der Waals surface area contributed by atoms with Crippen LogP contribution in [0.25, 0.3) is 11.2 Å². The predicted molar refractivity (Wildman–Crippen MR) is 126 cm³/mol. The lowest BCUT2D eigenvalue weighted by atomic mass is 10.1. The van der Waals surface area contributed by atoms with Crippen LogP contribution in [0.1, 0.15) is 12.5 Å². The smallest absolute Gasteiger partial charge is 0.394 e. The third-order valence-electron chi connectivity index (χ3n) is 6.27. The Morgan fingerprint density at radius 1 is 1.03 bits per heavy atom. The molecule has 0 aromatic carbocycles. The van der Waals surface area contributed by atoms with Gasteiger partial charge in [-0.05, 0) is 6.07 Å². The van der Waals surface area contributed by atoms with Crippen molar-refractivity contribution >= 4 is 30.6 Å². The van der Waals surface area contributed by atoms with E-state index in [1.54, 1.807) is 0 Å². The summed E-state index contributed by atoms with van der Waals surface area (Å²) < 4.78 is 36.0. The zero-order chi connectivity index (χ0) is 28.1. The van der Waals surface area contributed by atoms with E-state index in [9.17, 15) is 34.7 Å². The first-order chi connectivity index (χ1) is 18.5. The fourth-order valence-corrected chi connectivity index (χ4v) is 5.32.